The monoisotopic (exact) mass is 520 g/mol. The molecule has 3 amide bonds. The fraction of sp³-hybridized carbons (Fsp3) is 0.423. The summed E-state index contributed by atoms with van der Waals surface area (Å²) in [5, 5.41) is 12.3. The van der Waals surface area contributed by atoms with Crippen molar-refractivity contribution < 1.29 is 32.6 Å². The van der Waals surface area contributed by atoms with E-state index in [2.05, 4.69) is 10.3 Å². The molecule has 3 rings (SSSR count). The number of aromatic nitrogens is 1. The second kappa shape index (κ2) is 11.6. The van der Waals surface area contributed by atoms with E-state index in [4.69, 9.17) is 4.74 Å². The molecular formula is C26H31F3N4O4. The summed E-state index contributed by atoms with van der Waals surface area (Å²) < 4.78 is 44.6. The molecule has 200 valence electrons. The van der Waals surface area contributed by atoms with Crippen molar-refractivity contribution in [2.45, 2.75) is 39.1 Å². The predicted molar refractivity (Wildman–Crippen MR) is 133 cm³/mol. The van der Waals surface area contributed by atoms with Crippen LogP contribution in [0.2, 0.25) is 0 Å². The summed E-state index contributed by atoms with van der Waals surface area (Å²) in [6, 6.07) is 4.86. The number of likely N-dealkylation sites (N-methyl/N-ethyl adjacent to an activating group) is 1. The third-order valence-electron chi connectivity index (χ3n) is 6.17. The van der Waals surface area contributed by atoms with Gasteiger partial charge in [0.05, 0.1) is 24.8 Å². The van der Waals surface area contributed by atoms with Gasteiger partial charge in [-0.05, 0) is 49.7 Å². The SMILES string of the molecule is C/C=C/c1cnc2c(c1)C(=O)N([C@H](C)CO)C[C@@H](C)[C@@H](CN(C)C(=O)Nc1ccc(C(F)(F)F)cc1)O2. The molecule has 8 nitrogen and oxygen atoms in total. The summed E-state index contributed by atoms with van der Waals surface area (Å²) in [7, 11) is 1.54. The summed E-state index contributed by atoms with van der Waals surface area (Å²) >= 11 is 0. The number of carbonyl (C=O) groups excluding carboxylic acids is 2. The number of pyridine rings is 1. The number of anilines is 1. The molecule has 0 saturated heterocycles. The second-order valence-corrected chi connectivity index (χ2v) is 9.13. The Labute approximate surface area is 213 Å². The van der Waals surface area contributed by atoms with E-state index in [0.29, 0.717) is 5.56 Å². The van der Waals surface area contributed by atoms with Gasteiger partial charge in [0.15, 0.2) is 0 Å². The number of hydrogen-bond acceptors (Lipinski definition) is 5. The molecule has 0 saturated carbocycles. The van der Waals surface area contributed by atoms with Gasteiger partial charge in [0.1, 0.15) is 11.7 Å². The zero-order valence-corrected chi connectivity index (χ0v) is 21.1. The lowest BCUT2D eigenvalue weighted by atomic mass is 10.00. The molecule has 0 spiro atoms. The number of fused-ring (bicyclic) bond motifs is 1. The normalized spacial score (nSPS) is 19.0. The van der Waals surface area contributed by atoms with Crippen LogP contribution in [0.1, 0.15) is 42.3 Å². The number of alkyl halides is 3. The molecule has 1 aromatic heterocycles. The van der Waals surface area contributed by atoms with E-state index in [-0.39, 0.29) is 48.7 Å². The van der Waals surface area contributed by atoms with Crippen LogP contribution in [0.15, 0.2) is 42.6 Å². The average Bonchev–Trinajstić information content (AvgIpc) is 2.85. The predicted octanol–water partition coefficient (Wildman–Crippen LogP) is 4.52. The third kappa shape index (κ3) is 6.79. The lowest BCUT2D eigenvalue weighted by molar-refractivity contribution is -0.137. The Balaban J connectivity index is 1.81. The molecule has 0 aliphatic carbocycles. The van der Waals surface area contributed by atoms with E-state index in [1.165, 1.54) is 24.1 Å². The first kappa shape index (κ1) is 28.0. The first-order valence-electron chi connectivity index (χ1n) is 11.8. The Morgan fingerprint density at radius 2 is 2.03 bits per heavy atom. The summed E-state index contributed by atoms with van der Waals surface area (Å²) in [5.74, 6) is -0.431. The molecular weight excluding hydrogens is 489 g/mol. The molecule has 0 bridgehead atoms. The van der Waals surface area contributed by atoms with Crippen LogP contribution < -0.4 is 10.1 Å². The fourth-order valence-electron chi connectivity index (χ4n) is 3.93. The van der Waals surface area contributed by atoms with Crippen molar-refractivity contribution in [2.75, 3.05) is 32.1 Å². The van der Waals surface area contributed by atoms with Crippen LogP contribution in [-0.4, -0.2) is 70.7 Å². The zero-order chi connectivity index (χ0) is 27.3. The zero-order valence-electron chi connectivity index (χ0n) is 21.1. The number of ether oxygens (including phenoxy) is 1. The maximum absolute atomic E-state index is 13.3. The van der Waals surface area contributed by atoms with E-state index < -0.39 is 29.9 Å². The van der Waals surface area contributed by atoms with Gasteiger partial charge in [-0.15, -0.1) is 0 Å². The Bertz CT molecular complexity index is 1140. The van der Waals surface area contributed by atoms with Crippen molar-refractivity contribution in [3.63, 3.8) is 0 Å². The highest BCUT2D eigenvalue weighted by Gasteiger charge is 2.35. The van der Waals surface area contributed by atoms with Gasteiger partial charge in [-0.2, -0.15) is 13.2 Å². The average molecular weight is 521 g/mol. The first-order valence-corrected chi connectivity index (χ1v) is 11.8. The Hall–Kier alpha value is -3.60. The smallest absolute Gasteiger partial charge is 0.416 e. The Morgan fingerprint density at radius 1 is 1.35 bits per heavy atom. The van der Waals surface area contributed by atoms with Crippen LogP contribution in [0, 0.1) is 5.92 Å². The molecule has 0 unspecified atom stereocenters. The summed E-state index contributed by atoms with van der Waals surface area (Å²) in [6.45, 7) is 5.62. The molecule has 0 radical (unpaired) electrons. The molecule has 2 aromatic rings. The van der Waals surface area contributed by atoms with Crippen molar-refractivity contribution in [1.82, 2.24) is 14.8 Å². The van der Waals surface area contributed by atoms with Gasteiger partial charge in [0.2, 0.25) is 5.88 Å². The topological polar surface area (TPSA) is 95.0 Å². The largest absolute Gasteiger partial charge is 0.472 e. The number of nitrogens with zero attached hydrogens (tertiary/aromatic N) is 3. The van der Waals surface area contributed by atoms with Gasteiger partial charge in [0.25, 0.3) is 5.91 Å². The minimum Gasteiger partial charge on any atom is -0.472 e. The van der Waals surface area contributed by atoms with E-state index in [0.717, 1.165) is 12.1 Å². The van der Waals surface area contributed by atoms with Crippen molar-refractivity contribution in [3.05, 3.63) is 59.3 Å². The number of nitrogens with one attached hydrogen (secondary N) is 1. The van der Waals surface area contributed by atoms with Crippen LogP contribution in [0.3, 0.4) is 0 Å². The quantitative estimate of drug-likeness (QED) is 0.584. The Kier molecular flexibility index (Phi) is 8.80. The van der Waals surface area contributed by atoms with E-state index in [1.54, 1.807) is 30.2 Å². The maximum Gasteiger partial charge on any atom is 0.416 e. The van der Waals surface area contributed by atoms with Gasteiger partial charge in [-0.3, -0.25) is 4.79 Å². The Morgan fingerprint density at radius 3 is 2.62 bits per heavy atom. The molecule has 1 aliphatic rings. The highest BCUT2D eigenvalue weighted by Crippen LogP contribution is 2.30. The number of benzene rings is 1. The number of halogens is 3. The number of carbonyl (C=O) groups is 2. The van der Waals surface area contributed by atoms with Crippen molar-refractivity contribution in [3.8, 4) is 5.88 Å². The molecule has 37 heavy (non-hydrogen) atoms. The van der Waals surface area contributed by atoms with Crippen LogP contribution in [0.25, 0.3) is 6.08 Å². The van der Waals surface area contributed by atoms with Gasteiger partial charge >= 0.3 is 12.2 Å². The van der Waals surface area contributed by atoms with E-state index in [9.17, 15) is 27.9 Å². The summed E-state index contributed by atoms with van der Waals surface area (Å²) in [6.07, 6.45) is 0.172. The van der Waals surface area contributed by atoms with Crippen molar-refractivity contribution >= 4 is 23.7 Å². The number of urea groups is 1. The van der Waals surface area contributed by atoms with Gasteiger partial charge in [0, 0.05) is 31.4 Å². The number of rotatable bonds is 6. The minimum absolute atomic E-state index is 0.112. The maximum atomic E-state index is 13.3. The molecule has 11 heteroatoms. The van der Waals surface area contributed by atoms with E-state index in [1.807, 2.05) is 19.9 Å². The van der Waals surface area contributed by atoms with Crippen molar-refractivity contribution in [1.29, 1.82) is 0 Å². The van der Waals surface area contributed by atoms with Crippen LogP contribution >= 0.6 is 0 Å². The van der Waals surface area contributed by atoms with Crippen LogP contribution in [0.4, 0.5) is 23.7 Å². The number of amides is 3. The molecule has 2 heterocycles. The van der Waals surface area contributed by atoms with Crippen LogP contribution in [0.5, 0.6) is 5.88 Å². The second-order valence-electron chi connectivity index (χ2n) is 9.13. The number of aliphatic hydroxyl groups is 1. The molecule has 1 aromatic carbocycles. The lowest BCUT2D eigenvalue weighted by Gasteiger charge is -2.37. The number of allylic oxidation sites excluding steroid dienone is 1. The highest BCUT2D eigenvalue weighted by atomic mass is 19.4. The number of hydrogen-bond donors (Lipinski definition) is 2. The molecule has 0 fully saturated rings. The van der Waals surface area contributed by atoms with Gasteiger partial charge in [-0.1, -0.05) is 19.1 Å². The fourth-order valence-corrected chi connectivity index (χ4v) is 3.93. The third-order valence-corrected chi connectivity index (χ3v) is 6.17. The first-order chi connectivity index (χ1) is 17.4. The van der Waals surface area contributed by atoms with Crippen LogP contribution in [-0.2, 0) is 6.18 Å². The summed E-state index contributed by atoms with van der Waals surface area (Å²) in [4.78, 5) is 33.4. The standard InChI is InChI=1S/C26H31F3N4O4/c1-5-6-18-11-21-23(30-12-18)37-22(16(2)13-33(24(21)35)17(3)15-34)14-32(4)25(36)31-20-9-7-19(8-10-20)26(27,28)29/h5-12,16-17,22,34H,13-15H2,1-4H3,(H,31,36)/b6-5+/t16-,17-,22-/m1/s1. The highest BCUT2D eigenvalue weighted by molar-refractivity contribution is 5.97. The van der Waals surface area contributed by atoms with Crippen molar-refractivity contribution in [2.24, 2.45) is 5.92 Å². The number of aliphatic hydroxyl groups excluding tert-OH is 1. The molecule has 1 aliphatic heterocycles. The molecule has 3 atom stereocenters. The van der Waals surface area contributed by atoms with Gasteiger partial charge in [-0.25, -0.2) is 9.78 Å². The van der Waals surface area contributed by atoms with E-state index >= 15 is 0 Å². The van der Waals surface area contributed by atoms with Gasteiger partial charge < -0.3 is 25.0 Å². The minimum atomic E-state index is -4.47. The lowest BCUT2D eigenvalue weighted by Crippen LogP contribution is -2.50. The summed E-state index contributed by atoms with van der Waals surface area (Å²) in [5.41, 5.74) is 0.377. The molecule has 2 N–H and O–H groups in total.